The van der Waals surface area contributed by atoms with Crippen LogP contribution in [0, 0.1) is 20.7 Å². The predicted octanol–water partition coefficient (Wildman–Crippen LogP) is 5.78. The predicted molar refractivity (Wildman–Crippen MR) is 154 cm³/mol. The number of halogens is 1. The van der Waals surface area contributed by atoms with E-state index < -0.39 is 14.0 Å². The van der Waals surface area contributed by atoms with Crippen LogP contribution in [-0.4, -0.2) is 23.3 Å². The number of hydrogen-bond acceptors (Lipinski definition) is 7. The Morgan fingerprint density at radius 3 is 2.66 bits per heavy atom. The second kappa shape index (κ2) is 9.93. The topological polar surface area (TPSA) is 97.0 Å². The van der Waals surface area contributed by atoms with E-state index in [9.17, 15) is 9.82 Å². The summed E-state index contributed by atoms with van der Waals surface area (Å²) in [5.74, 6) is 0.657. The quantitative estimate of drug-likeness (QED) is 0.250. The van der Waals surface area contributed by atoms with Gasteiger partial charge in [-0.3, -0.25) is 4.79 Å². The van der Waals surface area contributed by atoms with Gasteiger partial charge in [0.15, 0.2) is 5.43 Å². The zero-order chi connectivity index (χ0) is 29.8. The van der Waals surface area contributed by atoms with Gasteiger partial charge in [0, 0.05) is 37.7 Å². The fourth-order valence-corrected chi connectivity index (χ4v) is 5.06. The minimum Gasteiger partial charge on any atom is -0.460 e. The number of nitrogens with one attached hydrogen (secondary N) is 1. The zero-order valence-electron chi connectivity index (χ0n) is 24.7. The number of rotatable bonds is 5. The molecule has 0 amide bonds. The number of benzene rings is 2. The summed E-state index contributed by atoms with van der Waals surface area (Å²) in [5, 5.41) is 18.1. The lowest BCUT2D eigenvalue weighted by atomic mass is 9.74. The SMILES string of the molecule is [2H]C([2H])([2H])c1c(-c2nc(Cl)ccc2N[C@H](C)c2cc(C)cc3c(=O)c(C)c(C(C)C)oc23)ccc2c1C=NOB2O. The molecule has 0 bridgehead atoms. The van der Waals surface area contributed by atoms with Crippen LogP contribution in [0.5, 0.6) is 0 Å². The number of aromatic nitrogens is 1. The first-order valence-electron chi connectivity index (χ1n) is 13.8. The van der Waals surface area contributed by atoms with E-state index in [4.69, 9.17) is 24.9 Å². The van der Waals surface area contributed by atoms with Gasteiger partial charge in [0.1, 0.15) is 16.5 Å². The lowest BCUT2D eigenvalue weighted by molar-refractivity contribution is 0.286. The van der Waals surface area contributed by atoms with Crippen molar-refractivity contribution in [3.63, 3.8) is 0 Å². The van der Waals surface area contributed by atoms with E-state index in [-0.39, 0.29) is 39.1 Å². The van der Waals surface area contributed by atoms with Crippen molar-refractivity contribution in [2.45, 2.75) is 53.4 Å². The molecule has 38 heavy (non-hydrogen) atoms. The normalized spacial score (nSPS) is 15.1. The third kappa shape index (κ3) is 4.48. The first-order chi connectivity index (χ1) is 19.3. The van der Waals surface area contributed by atoms with Crippen LogP contribution in [-0.2, 0) is 4.76 Å². The van der Waals surface area contributed by atoms with Crippen molar-refractivity contribution in [1.82, 2.24) is 4.98 Å². The average molecular weight is 533 g/mol. The van der Waals surface area contributed by atoms with Gasteiger partial charge in [-0.1, -0.05) is 43.6 Å². The Kier molecular flexibility index (Phi) is 5.85. The molecule has 0 fully saturated rings. The molecule has 5 rings (SSSR count). The van der Waals surface area contributed by atoms with Crippen LogP contribution >= 0.6 is 11.6 Å². The lowest BCUT2D eigenvalue weighted by Gasteiger charge is -2.22. The van der Waals surface area contributed by atoms with Gasteiger partial charge < -0.3 is 19.5 Å². The second-order valence-corrected chi connectivity index (χ2v) is 10.3. The first-order valence-corrected chi connectivity index (χ1v) is 12.7. The highest BCUT2D eigenvalue weighted by molar-refractivity contribution is 6.62. The molecular formula is C29H29BClN3O4. The molecular weight excluding hydrogens is 501 g/mol. The highest BCUT2D eigenvalue weighted by Crippen LogP contribution is 2.35. The highest BCUT2D eigenvalue weighted by Gasteiger charge is 2.28. The smallest absolute Gasteiger partial charge is 0.460 e. The average Bonchev–Trinajstić information content (AvgIpc) is 2.90. The van der Waals surface area contributed by atoms with E-state index >= 15 is 0 Å². The third-order valence-corrected chi connectivity index (χ3v) is 7.01. The van der Waals surface area contributed by atoms with Gasteiger partial charge in [0.2, 0.25) is 0 Å². The van der Waals surface area contributed by atoms with E-state index in [1.165, 1.54) is 6.21 Å². The maximum atomic E-state index is 13.3. The Morgan fingerprint density at radius 1 is 1.13 bits per heavy atom. The van der Waals surface area contributed by atoms with Crippen molar-refractivity contribution in [3.05, 3.63) is 85.4 Å². The molecule has 7 nitrogen and oxygen atoms in total. The Hall–Kier alpha value is -3.62. The fraction of sp³-hybridized carbons (Fsp3) is 0.276. The molecule has 0 spiro atoms. The molecule has 0 saturated heterocycles. The van der Waals surface area contributed by atoms with Gasteiger partial charge in [-0.25, -0.2) is 4.98 Å². The largest absolute Gasteiger partial charge is 0.583 e. The maximum absolute atomic E-state index is 13.3. The summed E-state index contributed by atoms with van der Waals surface area (Å²) in [7, 11) is -1.39. The Bertz CT molecular complexity index is 1770. The van der Waals surface area contributed by atoms with Crippen molar-refractivity contribution in [3.8, 4) is 11.3 Å². The van der Waals surface area contributed by atoms with Gasteiger partial charge in [-0.2, -0.15) is 0 Å². The molecule has 194 valence electrons. The van der Waals surface area contributed by atoms with E-state index in [2.05, 4.69) is 15.5 Å². The molecule has 2 aromatic carbocycles. The van der Waals surface area contributed by atoms with Crippen LogP contribution in [0.1, 0.15) is 70.4 Å². The van der Waals surface area contributed by atoms with Gasteiger partial charge in [-0.05, 0) is 56.9 Å². The molecule has 4 aromatic rings. The molecule has 3 heterocycles. The van der Waals surface area contributed by atoms with E-state index in [1.807, 2.05) is 39.8 Å². The Labute approximate surface area is 230 Å². The number of fused-ring (bicyclic) bond motifs is 2. The molecule has 0 saturated carbocycles. The number of nitrogens with zero attached hydrogens (tertiary/aromatic N) is 2. The van der Waals surface area contributed by atoms with Crippen LogP contribution < -0.4 is 16.2 Å². The number of oxime groups is 1. The number of hydrogen-bond donors (Lipinski definition) is 2. The van der Waals surface area contributed by atoms with Crippen molar-refractivity contribution < 1.29 is 18.3 Å². The molecule has 2 N–H and O–H groups in total. The molecule has 0 aliphatic carbocycles. The summed E-state index contributed by atoms with van der Waals surface area (Å²) >= 11 is 6.32. The molecule has 1 aliphatic heterocycles. The number of aryl methyl sites for hydroxylation is 1. The molecule has 1 aliphatic rings. The summed E-state index contributed by atoms with van der Waals surface area (Å²) in [5.41, 5.74) is 4.34. The molecule has 9 heteroatoms. The van der Waals surface area contributed by atoms with Crippen molar-refractivity contribution in [1.29, 1.82) is 0 Å². The molecule has 1 atom stereocenters. The van der Waals surface area contributed by atoms with Gasteiger partial charge in [0.05, 0.1) is 29.0 Å². The lowest BCUT2D eigenvalue weighted by Crippen LogP contribution is -2.38. The molecule has 2 aromatic heterocycles. The standard InChI is InChI=1S/C29H29BClN3O4/c1-14(2)28-17(5)27(35)21-12-15(3)11-20(29(21)37-28)18(6)33-24-9-10-25(31)34-26(24)19-7-8-23-22(16(19)4)13-32-38-30(23)36/h7-14,18,33,36H,1-6H3/t18-/m1/s1/i4D3. The van der Waals surface area contributed by atoms with Crippen LogP contribution in [0.15, 0.2) is 50.8 Å². The highest BCUT2D eigenvalue weighted by atomic mass is 35.5. The zero-order valence-corrected chi connectivity index (χ0v) is 22.5. The number of pyridine rings is 1. The summed E-state index contributed by atoms with van der Waals surface area (Å²) in [6.45, 7) is 7.03. The Balaban J connectivity index is 1.68. The van der Waals surface area contributed by atoms with Crippen molar-refractivity contribution in [2.24, 2.45) is 5.16 Å². The van der Waals surface area contributed by atoms with Gasteiger partial charge in [-0.15, -0.1) is 5.16 Å². The third-order valence-electron chi connectivity index (χ3n) is 6.80. The monoisotopic (exact) mass is 532 g/mol. The van der Waals surface area contributed by atoms with Crippen LogP contribution in [0.2, 0.25) is 5.15 Å². The van der Waals surface area contributed by atoms with Gasteiger partial charge >= 0.3 is 7.12 Å². The summed E-state index contributed by atoms with van der Waals surface area (Å²) in [6, 6.07) is 9.93. The van der Waals surface area contributed by atoms with Crippen molar-refractivity contribution in [2.75, 3.05) is 5.32 Å². The van der Waals surface area contributed by atoms with E-state index in [0.717, 1.165) is 11.1 Å². The molecule has 0 radical (unpaired) electrons. The summed E-state index contributed by atoms with van der Waals surface area (Å²) in [6.07, 6.45) is 1.28. The van der Waals surface area contributed by atoms with Crippen LogP contribution in [0.3, 0.4) is 0 Å². The summed E-state index contributed by atoms with van der Waals surface area (Å²) in [4.78, 5) is 17.8. The first kappa shape index (κ1) is 22.4. The minimum atomic E-state index is -2.57. The minimum absolute atomic E-state index is 0.0198. The summed E-state index contributed by atoms with van der Waals surface area (Å²) < 4.78 is 36.2. The van der Waals surface area contributed by atoms with Crippen molar-refractivity contribution >= 4 is 47.1 Å². The second-order valence-electron chi connectivity index (χ2n) is 9.89. The fourth-order valence-electron chi connectivity index (χ4n) is 4.91. The molecule has 0 unspecified atom stereocenters. The maximum Gasteiger partial charge on any atom is 0.583 e. The van der Waals surface area contributed by atoms with Gasteiger partial charge in [0.25, 0.3) is 0 Å². The van der Waals surface area contributed by atoms with E-state index in [0.29, 0.717) is 39.2 Å². The van der Waals surface area contributed by atoms with E-state index in [1.54, 1.807) is 31.2 Å². The van der Waals surface area contributed by atoms with Crippen LogP contribution in [0.25, 0.3) is 22.2 Å². The van der Waals surface area contributed by atoms with Crippen LogP contribution in [0.4, 0.5) is 5.69 Å². The Morgan fingerprint density at radius 2 is 1.92 bits per heavy atom. The number of anilines is 1.